The van der Waals surface area contributed by atoms with Crippen molar-refractivity contribution in [3.8, 4) is 39.1 Å². The Bertz CT molecular complexity index is 2990. The molecule has 8 aromatic carbocycles. The Balaban J connectivity index is 1.14. The number of hydrogen-bond acceptors (Lipinski definition) is 2. The van der Waals surface area contributed by atoms with Gasteiger partial charge in [-0.15, -0.1) is 0 Å². The van der Waals surface area contributed by atoms with Crippen molar-refractivity contribution in [1.29, 1.82) is 0 Å². The van der Waals surface area contributed by atoms with E-state index in [4.69, 9.17) is 31.4 Å². The molecule has 3 nitrogen and oxygen atoms in total. The van der Waals surface area contributed by atoms with Crippen LogP contribution in [-0.4, -0.2) is 51.4 Å². The molecular formula is C48H32B4N2O. The molecule has 55 heavy (non-hydrogen) atoms. The van der Waals surface area contributed by atoms with Gasteiger partial charge in [0.25, 0.3) is 0 Å². The molecule has 0 aliphatic heterocycles. The summed E-state index contributed by atoms with van der Waals surface area (Å²) in [5.74, 6) is 0.145. The SMILES string of the molecule is [B]C([B])(O)C([B])([B])c1nc2ccccc2n1-c1ccc2cc(-c3c4ccccc4c(-c4ccc5c(c4)C(C)(C)c4ccccc4-5)c4ccccc34)ccc2c1. The molecule has 0 saturated carbocycles. The first kappa shape index (κ1) is 33.8. The third-order valence-electron chi connectivity index (χ3n) is 11.8. The molecule has 252 valence electrons. The highest BCUT2D eigenvalue weighted by Gasteiger charge is 2.39. The predicted octanol–water partition coefficient (Wildman–Crippen LogP) is 9.60. The number of aromatic nitrogens is 2. The molecule has 0 fully saturated rings. The van der Waals surface area contributed by atoms with E-state index in [0.717, 1.165) is 27.5 Å². The van der Waals surface area contributed by atoms with Gasteiger partial charge >= 0.3 is 0 Å². The van der Waals surface area contributed by atoms with Crippen LogP contribution in [0, 0.1) is 0 Å². The first-order valence-corrected chi connectivity index (χ1v) is 18.5. The molecule has 0 spiro atoms. The van der Waals surface area contributed by atoms with Crippen molar-refractivity contribution in [2.24, 2.45) is 0 Å². The minimum Gasteiger partial charge on any atom is -0.410 e. The molecule has 7 heteroatoms. The lowest BCUT2D eigenvalue weighted by Gasteiger charge is -2.39. The van der Waals surface area contributed by atoms with Crippen LogP contribution in [0.5, 0.6) is 0 Å². The summed E-state index contributed by atoms with van der Waals surface area (Å²) in [5.41, 5.74) is 12.2. The summed E-state index contributed by atoms with van der Waals surface area (Å²) < 4.78 is 1.81. The summed E-state index contributed by atoms with van der Waals surface area (Å²) in [7, 11) is 24.6. The zero-order valence-electron chi connectivity index (χ0n) is 30.6. The van der Waals surface area contributed by atoms with Crippen molar-refractivity contribution in [3.05, 3.63) is 169 Å². The highest BCUT2D eigenvalue weighted by molar-refractivity contribution is 6.53. The number of rotatable bonds is 5. The Morgan fingerprint density at radius 2 is 1.07 bits per heavy atom. The number of nitrogens with zero attached hydrogens (tertiary/aromatic N) is 2. The van der Waals surface area contributed by atoms with Crippen molar-refractivity contribution in [1.82, 2.24) is 9.55 Å². The molecule has 1 aromatic heterocycles. The second kappa shape index (κ2) is 11.9. The Kier molecular flexibility index (Phi) is 7.28. The van der Waals surface area contributed by atoms with Gasteiger partial charge in [0.15, 0.2) is 0 Å². The summed E-state index contributed by atoms with van der Waals surface area (Å²) in [6.07, 6.45) is 0. The monoisotopic (exact) mass is 696 g/mol. The van der Waals surface area contributed by atoms with E-state index in [1.54, 1.807) is 0 Å². The highest BCUT2D eigenvalue weighted by atomic mass is 16.3. The van der Waals surface area contributed by atoms with Gasteiger partial charge in [0.2, 0.25) is 0 Å². The summed E-state index contributed by atoms with van der Waals surface area (Å²) in [4.78, 5) is 4.67. The van der Waals surface area contributed by atoms with E-state index in [1.807, 2.05) is 34.9 Å². The van der Waals surface area contributed by atoms with Crippen LogP contribution in [0.4, 0.5) is 0 Å². The Morgan fingerprint density at radius 3 is 1.75 bits per heavy atom. The minimum atomic E-state index is -2.43. The summed E-state index contributed by atoms with van der Waals surface area (Å²) in [6, 6.07) is 53.7. The van der Waals surface area contributed by atoms with Crippen molar-refractivity contribution in [2.75, 3.05) is 0 Å². The Morgan fingerprint density at radius 1 is 0.545 bits per heavy atom. The molecule has 1 N–H and O–H groups in total. The summed E-state index contributed by atoms with van der Waals surface area (Å²) in [6.45, 7) is 4.67. The molecule has 0 unspecified atom stereocenters. The van der Waals surface area contributed by atoms with Gasteiger partial charge in [0, 0.05) is 11.1 Å². The van der Waals surface area contributed by atoms with Crippen molar-refractivity contribution < 1.29 is 5.11 Å². The van der Waals surface area contributed by atoms with Crippen LogP contribution in [-0.2, 0) is 10.6 Å². The van der Waals surface area contributed by atoms with E-state index >= 15 is 0 Å². The van der Waals surface area contributed by atoms with Gasteiger partial charge in [0.05, 0.1) is 42.4 Å². The number of para-hydroxylation sites is 2. The van der Waals surface area contributed by atoms with E-state index in [-0.39, 0.29) is 11.2 Å². The van der Waals surface area contributed by atoms with E-state index in [2.05, 4.69) is 140 Å². The topological polar surface area (TPSA) is 38.1 Å². The molecule has 8 radical (unpaired) electrons. The van der Waals surface area contributed by atoms with Gasteiger partial charge in [-0.3, -0.25) is 4.57 Å². The van der Waals surface area contributed by atoms with Crippen LogP contribution in [0.3, 0.4) is 0 Å². The van der Waals surface area contributed by atoms with Crippen LogP contribution >= 0.6 is 0 Å². The van der Waals surface area contributed by atoms with Gasteiger partial charge in [-0.05, 0) is 124 Å². The maximum Gasteiger partial charge on any atom is 0.104 e. The zero-order valence-corrected chi connectivity index (χ0v) is 30.6. The Labute approximate surface area is 325 Å². The largest absolute Gasteiger partial charge is 0.410 e. The van der Waals surface area contributed by atoms with Crippen molar-refractivity contribution >= 4 is 74.7 Å². The van der Waals surface area contributed by atoms with Crippen LogP contribution < -0.4 is 0 Å². The first-order chi connectivity index (χ1) is 26.4. The van der Waals surface area contributed by atoms with Crippen LogP contribution in [0.1, 0.15) is 30.8 Å². The smallest absolute Gasteiger partial charge is 0.104 e. The third kappa shape index (κ3) is 4.96. The molecule has 0 bridgehead atoms. The van der Waals surface area contributed by atoms with Crippen molar-refractivity contribution in [2.45, 2.75) is 29.9 Å². The van der Waals surface area contributed by atoms with Gasteiger partial charge in [-0.1, -0.05) is 129 Å². The fraction of sp³-hybridized carbons (Fsp3) is 0.104. The number of benzene rings is 8. The fourth-order valence-electron chi connectivity index (χ4n) is 8.88. The van der Waals surface area contributed by atoms with E-state index < -0.39 is 10.6 Å². The molecule has 0 atom stereocenters. The summed E-state index contributed by atoms with van der Waals surface area (Å²) >= 11 is 0. The third-order valence-corrected chi connectivity index (χ3v) is 11.8. The lowest BCUT2D eigenvalue weighted by atomic mass is 9.35. The number of imidazole rings is 1. The van der Waals surface area contributed by atoms with E-state index in [0.29, 0.717) is 5.52 Å². The Hall–Kier alpha value is -5.77. The number of fused-ring (bicyclic) bond motifs is 7. The lowest BCUT2D eigenvalue weighted by molar-refractivity contribution is 0.189. The van der Waals surface area contributed by atoms with Crippen LogP contribution in [0.2, 0.25) is 0 Å². The average Bonchev–Trinajstić information content (AvgIpc) is 3.69. The molecule has 9 aromatic rings. The van der Waals surface area contributed by atoms with Gasteiger partial charge in [0.1, 0.15) is 5.82 Å². The van der Waals surface area contributed by atoms with E-state index in [1.165, 1.54) is 60.5 Å². The van der Waals surface area contributed by atoms with Gasteiger partial charge < -0.3 is 5.11 Å². The zero-order chi connectivity index (χ0) is 37.9. The van der Waals surface area contributed by atoms with Crippen molar-refractivity contribution in [3.63, 3.8) is 0 Å². The van der Waals surface area contributed by atoms with Crippen LogP contribution in [0.25, 0.3) is 82.4 Å². The normalized spacial score (nSPS) is 13.8. The summed E-state index contributed by atoms with van der Waals surface area (Å²) in [5, 5.41) is 13.0. The molecule has 1 heterocycles. The minimum absolute atomic E-state index is 0.0962. The van der Waals surface area contributed by atoms with Gasteiger partial charge in [-0.2, -0.15) is 0 Å². The van der Waals surface area contributed by atoms with E-state index in [9.17, 15) is 5.11 Å². The average molecular weight is 696 g/mol. The molecular weight excluding hydrogens is 664 g/mol. The maximum absolute atomic E-state index is 10.6. The van der Waals surface area contributed by atoms with Gasteiger partial charge in [-0.25, -0.2) is 4.98 Å². The second-order valence-electron chi connectivity index (χ2n) is 15.5. The standard InChI is InChI=1S/C48H32B4N2O/c1-46(2)39-16-8-7-11-33(39)34-24-22-31(27-40(34)46)44-37-14-5-3-12-35(37)43(36-13-4-6-15-38(36)44)30-20-19-29-26-32(23-21-28(29)25-30)54-42-18-10-9-17-41(42)53-45(54)47(49,50)48(51,52)55/h3-27,55H,1-2H3. The highest BCUT2D eigenvalue weighted by Crippen LogP contribution is 2.51. The van der Waals surface area contributed by atoms with Crippen LogP contribution in [0.15, 0.2) is 152 Å². The molecule has 1 aliphatic rings. The predicted molar refractivity (Wildman–Crippen MR) is 232 cm³/mol. The fourth-order valence-corrected chi connectivity index (χ4v) is 8.88. The number of hydrogen-bond donors (Lipinski definition) is 1. The molecule has 10 rings (SSSR count). The second-order valence-corrected chi connectivity index (χ2v) is 15.5. The molecule has 1 aliphatic carbocycles. The quantitative estimate of drug-likeness (QED) is 0.144. The first-order valence-electron chi connectivity index (χ1n) is 18.5. The molecule has 0 amide bonds. The molecule has 0 saturated heterocycles. The lowest BCUT2D eigenvalue weighted by Crippen LogP contribution is -2.55. The maximum atomic E-state index is 10.6. The number of aliphatic hydroxyl groups is 1.